The second-order valence-corrected chi connectivity index (χ2v) is 9.92. The fraction of sp³-hybridized carbons (Fsp3) is 0.300. The van der Waals surface area contributed by atoms with E-state index in [0.29, 0.717) is 34.1 Å². The maximum absolute atomic E-state index is 12.8. The average molecular weight is 514 g/mol. The van der Waals surface area contributed by atoms with Gasteiger partial charge in [-0.1, -0.05) is 53.3 Å². The van der Waals surface area contributed by atoms with E-state index in [4.69, 9.17) is 69.6 Å². The number of carbonyl (C=O) groups excluding carboxylic acids is 2. The van der Waals surface area contributed by atoms with Crippen LogP contribution in [0.1, 0.15) is 41.6 Å². The molecule has 1 aliphatic rings. The third-order valence-electron chi connectivity index (χ3n) is 4.65. The Balaban J connectivity index is 1.84. The normalized spacial score (nSPS) is 19.7. The predicted octanol–water partition coefficient (Wildman–Crippen LogP) is 7.81. The van der Waals surface area contributed by atoms with Crippen LogP contribution in [0.15, 0.2) is 30.3 Å². The van der Waals surface area contributed by atoms with E-state index < -0.39 is 22.1 Å². The van der Waals surface area contributed by atoms with E-state index in [1.54, 1.807) is 18.2 Å². The van der Waals surface area contributed by atoms with Crippen molar-refractivity contribution in [2.75, 3.05) is 5.32 Å². The first-order valence-corrected chi connectivity index (χ1v) is 11.0. The Morgan fingerprint density at radius 3 is 2.21 bits per heavy atom. The van der Waals surface area contributed by atoms with Crippen LogP contribution in [0.4, 0.5) is 5.69 Å². The lowest BCUT2D eigenvalue weighted by molar-refractivity contribution is -0.117. The Kier molecular flexibility index (Phi) is 6.99. The molecule has 0 radical (unpaired) electrons. The zero-order valence-electron chi connectivity index (χ0n) is 15.0. The quantitative estimate of drug-likeness (QED) is 0.316. The van der Waals surface area contributed by atoms with Crippen LogP contribution in [-0.2, 0) is 4.79 Å². The van der Waals surface area contributed by atoms with Gasteiger partial charge < -0.3 is 5.32 Å². The molecule has 0 heterocycles. The van der Waals surface area contributed by atoms with Crippen LogP contribution in [-0.4, -0.2) is 16.0 Å². The number of hydrogen-bond acceptors (Lipinski definition) is 2. The summed E-state index contributed by atoms with van der Waals surface area (Å²) in [6.45, 7) is 1.88. The average Bonchev–Trinajstić information content (AvgIpc) is 3.19. The monoisotopic (exact) mass is 511 g/mol. The minimum Gasteiger partial charge on any atom is -0.326 e. The Morgan fingerprint density at radius 2 is 1.62 bits per heavy atom. The molecule has 1 fully saturated rings. The molecule has 1 N–H and O–H groups in total. The van der Waals surface area contributed by atoms with Crippen LogP contribution in [0, 0.1) is 5.92 Å². The van der Waals surface area contributed by atoms with Crippen molar-refractivity contribution in [1.82, 2.24) is 0 Å². The molecule has 0 spiro atoms. The lowest BCUT2D eigenvalue weighted by Crippen LogP contribution is -2.17. The molecule has 29 heavy (non-hydrogen) atoms. The van der Waals surface area contributed by atoms with Gasteiger partial charge in [-0.3, -0.25) is 9.59 Å². The molecular formula is C20H15Cl6NO2. The highest BCUT2D eigenvalue weighted by Crippen LogP contribution is 2.65. The molecule has 1 saturated carbocycles. The summed E-state index contributed by atoms with van der Waals surface area (Å²) < 4.78 is -1.31. The van der Waals surface area contributed by atoms with Crippen molar-refractivity contribution >= 4 is 87.0 Å². The number of carbonyl (C=O) groups is 2. The molecule has 2 unspecified atom stereocenters. The highest BCUT2D eigenvalue weighted by molar-refractivity contribution is 6.53. The van der Waals surface area contributed by atoms with Gasteiger partial charge in [0.05, 0.1) is 16.0 Å². The molecule has 1 aliphatic carbocycles. The van der Waals surface area contributed by atoms with Crippen LogP contribution < -0.4 is 5.32 Å². The maximum Gasteiger partial charge on any atom is 0.231 e. The van der Waals surface area contributed by atoms with E-state index in [-0.39, 0.29) is 21.4 Å². The summed E-state index contributed by atoms with van der Waals surface area (Å²) in [5.41, 5.74) is 1.26. The van der Waals surface area contributed by atoms with Crippen molar-refractivity contribution in [2.45, 2.75) is 30.0 Å². The maximum atomic E-state index is 12.8. The fourth-order valence-corrected chi connectivity index (χ4v) is 5.07. The van der Waals surface area contributed by atoms with E-state index in [1.165, 1.54) is 12.1 Å². The second-order valence-electron chi connectivity index (χ2n) is 6.81. The number of nitrogens with one attached hydrogen (secondary N) is 1. The predicted molar refractivity (Wildman–Crippen MR) is 121 cm³/mol. The van der Waals surface area contributed by atoms with Gasteiger partial charge in [0.2, 0.25) is 5.91 Å². The second kappa shape index (κ2) is 8.82. The first kappa shape index (κ1) is 23.0. The van der Waals surface area contributed by atoms with Crippen molar-refractivity contribution in [3.8, 4) is 0 Å². The third kappa shape index (κ3) is 4.81. The van der Waals surface area contributed by atoms with Crippen LogP contribution in [0.5, 0.6) is 0 Å². The minimum atomic E-state index is -1.31. The minimum absolute atomic E-state index is 0.155. The van der Waals surface area contributed by atoms with Crippen LogP contribution in [0.2, 0.25) is 20.1 Å². The molecule has 2 aromatic carbocycles. The summed E-state index contributed by atoms with van der Waals surface area (Å²) in [5.74, 6) is -1.78. The van der Waals surface area contributed by atoms with Crippen LogP contribution >= 0.6 is 69.6 Å². The number of anilines is 1. The van der Waals surface area contributed by atoms with Crippen molar-refractivity contribution in [2.24, 2.45) is 5.92 Å². The van der Waals surface area contributed by atoms with E-state index in [2.05, 4.69) is 5.32 Å². The Labute approximate surface area is 198 Å². The van der Waals surface area contributed by atoms with Crippen LogP contribution in [0.25, 0.3) is 0 Å². The number of halogens is 6. The number of hydrogen-bond donors (Lipinski definition) is 1. The summed E-state index contributed by atoms with van der Waals surface area (Å²) in [4.78, 5) is 25.1. The van der Waals surface area contributed by atoms with Crippen molar-refractivity contribution in [3.63, 3.8) is 0 Å². The SMILES string of the molecule is CCCC(=O)c1cc(NC(=O)C2C(c3cc(Cl)cc(Cl)c3)C2(Cl)Cl)cc(Cl)c1Cl. The Hall–Kier alpha value is -0.680. The molecule has 0 aromatic heterocycles. The first-order chi connectivity index (χ1) is 13.6. The molecule has 9 heteroatoms. The number of alkyl halides is 2. The number of amides is 1. The summed E-state index contributed by atoms with van der Waals surface area (Å²) in [6.07, 6.45) is 0.983. The largest absolute Gasteiger partial charge is 0.326 e. The van der Waals surface area contributed by atoms with Crippen molar-refractivity contribution in [1.29, 1.82) is 0 Å². The first-order valence-electron chi connectivity index (χ1n) is 8.73. The summed E-state index contributed by atoms with van der Waals surface area (Å²) in [5, 5.41) is 3.89. The van der Waals surface area contributed by atoms with Crippen molar-refractivity contribution < 1.29 is 9.59 Å². The number of benzene rings is 2. The van der Waals surface area contributed by atoms with Gasteiger partial charge in [0, 0.05) is 33.6 Å². The van der Waals surface area contributed by atoms with Gasteiger partial charge in [-0.25, -0.2) is 0 Å². The Morgan fingerprint density at radius 1 is 1.00 bits per heavy atom. The lowest BCUT2D eigenvalue weighted by Gasteiger charge is -2.10. The highest BCUT2D eigenvalue weighted by Gasteiger charge is 2.67. The fourth-order valence-electron chi connectivity index (χ4n) is 3.27. The zero-order valence-corrected chi connectivity index (χ0v) is 19.6. The number of Topliss-reactive ketones (excluding diaryl/α,β-unsaturated/α-hetero) is 1. The van der Waals surface area contributed by atoms with E-state index in [0.717, 1.165) is 0 Å². The standard InChI is InChI=1S/C20H15Cl6NO2/c1-2-3-15(28)13-7-12(8-14(23)18(13)24)27-19(29)17-16(20(17,25)26)9-4-10(21)6-11(22)5-9/h4-8,16-17H,2-3H2,1H3,(H,27,29). The summed E-state index contributed by atoms with van der Waals surface area (Å²) in [7, 11) is 0. The summed E-state index contributed by atoms with van der Waals surface area (Å²) in [6, 6.07) is 7.90. The molecule has 1 amide bonds. The van der Waals surface area contributed by atoms with Gasteiger partial charge in [0.25, 0.3) is 0 Å². The number of rotatable bonds is 6. The van der Waals surface area contributed by atoms with Gasteiger partial charge in [-0.15, -0.1) is 23.2 Å². The zero-order chi connectivity index (χ0) is 21.5. The molecule has 0 aliphatic heterocycles. The molecule has 0 saturated heterocycles. The van der Waals surface area contributed by atoms with Gasteiger partial charge >= 0.3 is 0 Å². The van der Waals surface area contributed by atoms with E-state index in [9.17, 15) is 9.59 Å². The highest BCUT2D eigenvalue weighted by atomic mass is 35.5. The van der Waals surface area contributed by atoms with E-state index in [1.807, 2.05) is 6.92 Å². The smallest absolute Gasteiger partial charge is 0.231 e. The van der Waals surface area contributed by atoms with E-state index >= 15 is 0 Å². The van der Waals surface area contributed by atoms with Gasteiger partial charge in [-0.05, 0) is 42.3 Å². The number of ketones is 1. The van der Waals surface area contributed by atoms with Gasteiger partial charge in [-0.2, -0.15) is 0 Å². The topological polar surface area (TPSA) is 46.2 Å². The van der Waals surface area contributed by atoms with Crippen LogP contribution in [0.3, 0.4) is 0 Å². The molecule has 2 aromatic rings. The molecule has 3 rings (SSSR count). The van der Waals surface area contributed by atoms with Gasteiger partial charge in [0.15, 0.2) is 5.78 Å². The lowest BCUT2D eigenvalue weighted by atomic mass is 10.1. The van der Waals surface area contributed by atoms with Crippen molar-refractivity contribution in [3.05, 3.63) is 61.5 Å². The Bertz CT molecular complexity index is 971. The molecule has 3 nitrogen and oxygen atoms in total. The molecular weight excluding hydrogens is 499 g/mol. The molecule has 0 bridgehead atoms. The summed E-state index contributed by atoms with van der Waals surface area (Å²) >= 11 is 37.1. The third-order valence-corrected chi connectivity index (χ3v) is 6.83. The molecule has 2 atom stereocenters. The molecule has 154 valence electrons. The van der Waals surface area contributed by atoms with Gasteiger partial charge in [0.1, 0.15) is 4.33 Å².